The maximum Gasteiger partial charge on any atom is 0.0514 e. The summed E-state index contributed by atoms with van der Waals surface area (Å²) < 4.78 is 0. The molecule has 92 valence electrons. The monoisotopic (exact) mass is 225 g/mol. The molecule has 0 saturated heterocycles. The summed E-state index contributed by atoms with van der Waals surface area (Å²) in [6.45, 7) is 7.79. The second-order valence-corrected chi connectivity index (χ2v) is 3.62. The van der Waals surface area contributed by atoms with Crippen molar-refractivity contribution in [1.29, 1.82) is 0 Å². The lowest BCUT2D eigenvalue weighted by Gasteiger charge is -2.07. The van der Waals surface area contributed by atoms with E-state index in [9.17, 15) is 0 Å². The minimum Gasteiger partial charge on any atom is -0.390 e. The van der Waals surface area contributed by atoms with Crippen molar-refractivity contribution >= 4 is 6.21 Å². The second-order valence-electron chi connectivity index (χ2n) is 3.62. The van der Waals surface area contributed by atoms with Gasteiger partial charge in [-0.25, -0.2) is 0 Å². The molecule has 0 aromatic rings. The van der Waals surface area contributed by atoms with Gasteiger partial charge in [-0.05, 0) is 12.3 Å². The third kappa shape index (κ3) is 8.40. The van der Waals surface area contributed by atoms with Gasteiger partial charge in [-0.15, -0.1) is 0 Å². The van der Waals surface area contributed by atoms with E-state index < -0.39 is 0 Å². The summed E-state index contributed by atoms with van der Waals surface area (Å²) in [4.78, 5) is 4.25. The molecule has 5 heteroatoms. The Hall–Kier alpha value is -0.910. The standard InChI is InChI=1S/C11H23N5/c1-2-12-4-6-14-8-10-16-11-9-15-7-5-13-3-1/h1-3,12,14-16H,4-11H2/b2-1-,13-3?. The number of nitrogens with zero attached hydrogens (tertiary/aromatic N) is 1. The Morgan fingerprint density at radius 2 is 1.38 bits per heavy atom. The van der Waals surface area contributed by atoms with Gasteiger partial charge in [0.1, 0.15) is 0 Å². The summed E-state index contributed by atoms with van der Waals surface area (Å²) in [7, 11) is 0. The molecule has 1 heterocycles. The van der Waals surface area contributed by atoms with Crippen LogP contribution in [0.25, 0.3) is 0 Å². The number of nitrogens with one attached hydrogen (secondary N) is 4. The first-order valence-corrected chi connectivity index (χ1v) is 6.00. The number of allylic oxidation sites excluding steroid dienone is 1. The normalized spacial score (nSPS) is 23.5. The van der Waals surface area contributed by atoms with Crippen LogP contribution in [0.2, 0.25) is 0 Å². The Kier molecular flexibility index (Phi) is 8.72. The average Bonchev–Trinajstić information content (AvgIpc) is 2.29. The second kappa shape index (κ2) is 10.6. The highest BCUT2D eigenvalue weighted by Crippen LogP contribution is 1.70. The van der Waals surface area contributed by atoms with E-state index >= 15 is 0 Å². The fourth-order valence-corrected chi connectivity index (χ4v) is 1.36. The number of aliphatic imine (C=N–C) groups is 1. The van der Waals surface area contributed by atoms with E-state index in [4.69, 9.17) is 0 Å². The van der Waals surface area contributed by atoms with E-state index in [0.717, 1.165) is 52.4 Å². The molecular weight excluding hydrogens is 202 g/mol. The minimum atomic E-state index is 0.839. The van der Waals surface area contributed by atoms with Crippen LogP contribution in [0.1, 0.15) is 0 Å². The predicted molar refractivity (Wildman–Crippen MR) is 69.1 cm³/mol. The summed E-state index contributed by atoms with van der Waals surface area (Å²) in [5.41, 5.74) is 0. The summed E-state index contributed by atoms with van der Waals surface area (Å²) in [6, 6.07) is 0. The molecule has 5 nitrogen and oxygen atoms in total. The van der Waals surface area contributed by atoms with Crippen LogP contribution in [-0.4, -0.2) is 58.6 Å². The van der Waals surface area contributed by atoms with E-state index in [0.29, 0.717) is 0 Å². The zero-order valence-electron chi connectivity index (χ0n) is 9.84. The Labute approximate surface area is 97.8 Å². The van der Waals surface area contributed by atoms with Crippen LogP contribution in [0, 0.1) is 0 Å². The molecule has 0 radical (unpaired) electrons. The van der Waals surface area contributed by atoms with E-state index in [1.54, 1.807) is 0 Å². The number of hydrogen-bond acceptors (Lipinski definition) is 5. The highest BCUT2D eigenvalue weighted by Gasteiger charge is 1.89. The van der Waals surface area contributed by atoms with Gasteiger partial charge in [0.15, 0.2) is 0 Å². The molecule has 0 unspecified atom stereocenters. The molecule has 0 aromatic carbocycles. The van der Waals surface area contributed by atoms with Crippen molar-refractivity contribution in [2.24, 2.45) is 4.99 Å². The van der Waals surface area contributed by atoms with Crippen molar-refractivity contribution < 1.29 is 0 Å². The lowest BCUT2D eigenvalue weighted by atomic mass is 10.5. The van der Waals surface area contributed by atoms with Gasteiger partial charge in [-0.3, -0.25) is 4.99 Å². The fourth-order valence-electron chi connectivity index (χ4n) is 1.36. The van der Waals surface area contributed by atoms with Crippen LogP contribution in [-0.2, 0) is 0 Å². The molecule has 0 spiro atoms. The molecule has 0 bridgehead atoms. The first-order chi connectivity index (χ1) is 8.00. The lowest BCUT2D eigenvalue weighted by molar-refractivity contribution is 0.580. The van der Waals surface area contributed by atoms with Crippen molar-refractivity contribution in [3.8, 4) is 0 Å². The molecule has 1 aliphatic rings. The smallest absolute Gasteiger partial charge is 0.0514 e. The molecule has 0 amide bonds. The molecule has 0 saturated carbocycles. The number of rotatable bonds is 0. The Morgan fingerprint density at radius 1 is 0.750 bits per heavy atom. The molecular formula is C11H23N5. The Morgan fingerprint density at radius 3 is 2.12 bits per heavy atom. The van der Waals surface area contributed by atoms with Gasteiger partial charge in [0, 0.05) is 52.0 Å². The third-order valence-corrected chi connectivity index (χ3v) is 2.23. The summed E-state index contributed by atoms with van der Waals surface area (Å²) in [5, 5.41) is 13.3. The zero-order valence-corrected chi connectivity index (χ0v) is 9.84. The maximum absolute atomic E-state index is 4.25. The first kappa shape index (κ1) is 13.2. The Balaban J connectivity index is 2.15. The topological polar surface area (TPSA) is 60.5 Å². The van der Waals surface area contributed by atoms with Crippen molar-refractivity contribution in [3.05, 3.63) is 12.3 Å². The first-order valence-electron chi connectivity index (χ1n) is 6.00. The molecule has 0 aliphatic carbocycles. The van der Waals surface area contributed by atoms with Gasteiger partial charge >= 0.3 is 0 Å². The van der Waals surface area contributed by atoms with Crippen LogP contribution in [0.4, 0.5) is 0 Å². The molecule has 1 aliphatic heterocycles. The van der Waals surface area contributed by atoms with Crippen LogP contribution in [0.5, 0.6) is 0 Å². The average molecular weight is 225 g/mol. The van der Waals surface area contributed by atoms with E-state index in [1.165, 1.54) is 0 Å². The molecule has 0 fully saturated rings. The van der Waals surface area contributed by atoms with Gasteiger partial charge in [0.05, 0.1) is 6.54 Å². The molecule has 16 heavy (non-hydrogen) atoms. The molecule has 0 aromatic heterocycles. The van der Waals surface area contributed by atoms with Crippen molar-refractivity contribution in [2.75, 3.05) is 52.4 Å². The van der Waals surface area contributed by atoms with Crippen molar-refractivity contribution in [2.45, 2.75) is 0 Å². The van der Waals surface area contributed by atoms with Gasteiger partial charge in [0.2, 0.25) is 0 Å². The van der Waals surface area contributed by atoms with Crippen LogP contribution >= 0.6 is 0 Å². The zero-order chi connectivity index (χ0) is 11.3. The number of hydrogen-bond donors (Lipinski definition) is 4. The van der Waals surface area contributed by atoms with Gasteiger partial charge in [-0.1, -0.05) is 0 Å². The maximum atomic E-state index is 4.25. The minimum absolute atomic E-state index is 0.839. The van der Waals surface area contributed by atoms with E-state index in [1.807, 2.05) is 18.5 Å². The van der Waals surface area contributed by atoms with Crippen LogP contribution in [0.3, 0.4) is 0 Å². The summed E-state index contributed by atoms with van der Waals surface area (Å²) in [5.74, 6) is 0. The van der Waals surface area contributed by atoms with Crippen molar-refractivity contribution in [3.63, 3.8) is 0 Å². The van der Waals surface area contributed by atoms with Gasteiger partial charge in [0.25, 0.3) is 0 Å². The summed E-state index contributed by atoms with van der Waals surface area (Å²) in [6.07, 6.45) is 5.71. The predicted octanol–water partition coefficient (Wildman–Crippen LogP) is -1.06. The van der Waals surface area contributed by atoms with E-state index in [2.05, 4.69) is 26.3 Å². The largest absolute Gasteiger partial charge is 0.390 e. The van der Waals surface area contributed by atoms with Crippen LogP contribution in [0.15, 0.2) is 17.3 Å². The van der Waals surface area contributed by atoms with E-state index in [-0.39, 0.29) is 0 Å². The van der Waals surface area contributed by atoms with Crippen LogP contribution < -0.4 is 21.3 Å². The Bertz CT molecular complexity index is 181. The fraction of sp³-hybridized carbons (Fsp3) is 0.727. The highest BCUT2D eigenvalue weighted by molar-refractivity contribution is 5.70. The van der Waals surface area contributed by atoms with Gasteiger partial charge < -0.3 is 21.3 Å². The van der Waals surface area contributed by atoms with Crippen molar-refractivity contribution in [1.82, 2.24) is 21.3 Å². The SMILES string of the molecule is C1=NCCNCCNCCNCCN/C=C\1. The molecule has 4 N–H and O–H groups in total. The highest BCUT2D eigenvalue weighted by atomic mass is 15.0. The van der Waals surface area contributed by atoms with Gasteiger partial charge in [-0.2, -0.15) is 0 Å². The summed E-state index contributed by atoms with van der Waals surface area (Å²) >= 11 is 0. The quantitative estimate of drug-likeness (QED) is 0.425. The lowest BCUT2D eigenvalue weighted by Crippen LogP contribution is -2.35. The molecule has 0 atom stereocenters. The molecule has 1 rings (SSSR count). The third-order valence-electron chi connectivity index (χ3n) is 2.23.